The van der Waals surface area contributed by atoms with Gasteiger partial charge in [0.2, 0.25) is 5.91 Å². The number of hydrogen-bond donors (Lipinski definition) is 2. The smallest absolute Gasteiger partial charge is 0.226 e. The van der Waals surface area contributed by atoms with Crippen molar-refractivity contribution in [1.82, 2.24) is 10.3 Å². The fourth-order valence-corrected chi connectivity index (χ4v) is 1.39. The molecule has 0 aliphatic rings. The largest absolute Gasteiger partial charge is 0.312 e. The average molecular weight is 256 g/mol. The number of carbonyl (C=O) groups is 1. The number of aromatic nitrogens is 1. The van der Waals surface area contributed by atoms with Crippen molar-refractivity contribution in [3.8, 4) is 0 Å². The molecule has 0 saturated heterocycles. The van der Waals surface area contributed by atoms with Crippen LogP contribution in [0.5, 0.6) is 0 Å². The number of rotatable bonds is 4. The Labute approximate surface area is 107 Å². The van der Waals surface area contributed by atoms with E-state index in [0.29, 0.717) is 23.8 Å². The lowest BCUT2D eigenvalue weighted by atomic mass is 10.1. The summed E-state index contributed by atoms with van der Waals surface area (Å²) in [6, 6.07) is 3.29. The van der Waals surface area contributed by atoms with Crippen molar-refractivity contribution in [1.29, 1.82) is 0 Å². The Kier molecular flexibility index (Phi) is 4.90. The summed E-state index contributed by atoms with van der Waals surface area (Å²) >= 11 is 5.79. The first-order chi connectivity index (χ1) is 7.87. The van der Waals surface area contributed by atoms with E-state index in [9.17, 15) is 4.79 Å². The quantitative estimate of drug-likeness (QED) is 0.869. The Morgan fingerprint density at radius 3 is 2.76 bits per heavy atom. The zero-order valence-electron chi connectivity index (χ0n) is 10.4. The van der Waals surface area contributed by atoms with Crippen molar-refractivity contribution >= 4 is 23.3 Å². The monoisotopic (exact) mass is 255 g/mol. The summed E-state index contributed by atoms with van der Waals surface area (Å²) < 4.78 is 0. The number of nitrogens with zero attached hydrogens (tertiary/aromatic N) is 1. The first-order valence-electron chi connectivity index (χ1n) is 5.53. The third-order valence-electron chi connectivity index (χ3n) is 2.00. The molecule has 0 atom stereocenters. The molecule has 17 heavy (non-hydrogen) atoms. The standard InChI is InChI=1S/C12H18ClN3O/c1-12(2,3)15-7-5-11(17)16-10-8-9(13)4-6-14-10/h4,6,8,15H,5,7H2,1-3H3,(H,14,16,17). The summed E-state index contributed by atoms with van der Waals surface area (Å²) in [4.78, 5) is 15.6. The van der Waals surface area contributed by atoms with E-state index in [2.05, 4.69) is 36.4 Å². The lowest BCUT2D eigenvalue weighted by molar-refractivity contribution is -0.116. The van der Waals surface area contributed by atoms with E-state index >= 15 is 0 Å². The molecule has 1 rings (SSSR count). The van der Waals surface area contributed by atoms with Crippen molar-refractivity contribution in [2.45, 2.75) is 32.7 Å². The van der Waals surface area contributed by atoms with Crippen LogP contribution in [0.1, 0.15) is 27.2 Å². The van der Waals surface area contributed by atoms with Crippen molar-refractivity contribution in [2.75, 3.05) is 11.9 Å². The molecule has 1 aromatic rings. The molecular formula is C12H18ClN3O. The summed E-state index contributed by atoms with van der Waals surface area (Å²) in [7, 11) is 0. The molecule has 1 aromatic heterocycles. The lowest BCUT2D eigenvalue weighted by Gasteiger charge is -2.20. The summed E-state index contributed by atoms with van der Waals surface area (Å²) in [6.07, 6.45) is 1.97. The molecule has 0 aliphatic carbocycles. The van der Waals surface area contributed by atoms with Crippen molar-refractivity contribution in [2.24, 2.45) is 0 Å². The van der Waals surface area contributed by atoms with Gasteiger partial charge in [-0.2, -0.15) is 0 Å². The highest BCUT2D eigenvalue weighted by Gasteiger charge is 2.09. The molecule has 0 spiro atoms. The van der Waals surface area contributed by atoms with Gasteiger partial charge in [0, 0.05) is 29.7 Å². The van der Waals surface area contributed by atoms with Crippen molar-refractivity contribution in [3.05, 3.63) is 23.4 Å². The molecule has 0 aromatic carbocycles. The molecule has 0 bridgehead atoms. The molecule has 4 nitrogen and oxygen atoms in total. The number of anilines is 1. The fraction of sp³-hybridized carbons (Fsp3) is 0.500. The third kappa shape index (κ3) is 6.24. The number of carbonyl (C=O) groups excluding carboxylic acids is 1. The van der Waals surface area contributed by atoms with Crippen molar-refractivity contribution in [3.63, 3.8) is 0 Å². The fourth-order valence-electron chi connectivity index (χ4n) is 1.23. The van der Waals surface area contributed by atoms with Gasteiger partial charge in [-0.05, 0) is 32.9 Å². The number of pyridine rings is 1. The van der Waals surface area contributed by atoms with Gasteiger partial charge in [0.1, 0.15) is 5.82 Å². The van der Waals surface area contributed by atoms with Crippen LogP contribution in [0.3, 0.4) is 0 Å². The SMILES string of the molecule is CC(C)(C)NCCC(=O)Nc1cc(Cl)ccn1. The Morgan fingerprint density at radius 2 is 2.18 bits per heavy atom. The zero-order valence-corrected chi connectivity index (χ0v) is 11.1. The van der Waals surface area contributed by atoms with E-state index < -0.39 is 0 Å². The van der Waals surface area contributed by atoms with E-state index in [1.54, 1.807) is 18.3 Å². The molecule has 94 valence electrons. The normalized spacial score (nSPS) is 11.3. The molecule has 0 aliphatic heterocycles. The topological polar surface area (TPSA) is 54.0 Å². The molecule has 1 heterocycles. The highest BCUT2D eigenvalue weighted by Crippen LogP contribution is 2.11. The second-order valence-electron chi connectivity index (χ2n) is 4.83. The van der Waals surface area contributed by atoms with Crippen LogP contribution in [-0.2, 0) is 4.79 Å². The number of halogens is 1. The van der Waals surface area contributed by atoms with Gasteiger partial charge in [0.15, 0.2) is 0 Å². The Hall–Kier alpha value is -1.13. The van der Waals surface area contributed by atoms with E-state index in [1.807, 2.05) is 0 Å². The van der Waals surface area contributed by atoms with Gasteiger partial charge in [-0.15, -0.1) is 0 Å². The minimum atomic E-state index is -0.0727. The summed E-state index contributed by atoms with van der Waals surface area (Å²) in [5.74, 6) is 0.412. The molecule has 5 heteroatoms. The van der Waals surface area contributed by atoms with Crippen molar-refractivity contribution < 1.29 is 4.79 Å². The lowest BCUT2D eigenvalue weighted by Crippen LogP contribution is -2.37. The van der Waals surface area contributed by atoms with Gasteiger partial charge >= 0.3 is 0 Å². The first kappa shape index (κ1) is 13.9. The summed E-state index contributed by atoms with van der Waals surface area (Å²) in [5.41, 5.74) is 0.0224. The van der Waals surface area contributed by atoms with Crippen LogP contribution < -0.4 is 10.6 Å². The molecule has 1 amide bonds. The maximum absolute atomic E-state index is 11.6. The van der Waals surface area contributed by atoms with Gasteiger partial charge in [-0.1, -0.05) is 11.6 Å². The second-order valence-corrected chi connectivity index (χ2v) is 5.27. The number of nitrogens with one attached hydrogen (secondary N) is 2. The third-order valence-corrected chi connectivity index (χ3v) is 2.23. The summed E-state index contributed by atoms with van der Waals surface area (Å²) in [5, 5.41) is 6.50. The van der Waals surface area contributed by atoms with Gasteiger partial charge in [-0.3, -0.25) is 4.79 Å². The maximum atomic E-state index is 11.6. The zero-order chi connectivity index (χ0) is 12.9. The van der Waals surface area contributed by atoms with Gasteiger partial charge in [-0.25, -0.2) is 4.98 Å². The molecule has 0 saturated carbocycles. The highest BCUT2D eigenvalue weighted by molar-refractivity contribution is 6.30. The second kappa shape index (κ2) is 5.98. The minimum absolute atomic E-state index is 0.0224. The number of amides is 1. The number of hydrogen-bond acceptors (Lipinski definition) is 3. The Balaban J connectivity index is 2.35. The summed E-state index contributed by atoms with van der Waals surface area (Å²) in [6.45, 7) is 6.81. The van der Waals surface area contributed by atoms with Gasteiger partial charge < -0.3 is 10.6 Å². The molecule has 0 unspecified atom stereocenters. The van der Waals surface area contributed by atoms with E-state index in [1.165, 1.54) is 0 Å². The van der Waals surface area contributed by atoms with E-state index in [-0.39, 0.29) is 11.4 Å². The highest BCUT2D eigenvalue weighted by atomic mass is 35.5. The minimum Gasteiger partial charge on any atom is -0.312 e. The van der Waals surface area contributed by atoms with Gasteiger partial charge in [0.25, 0.3) is 0 Å². The van der Waals surface area contributed by atoms with Crippen LogP contribution in [0, 0.1) is 0 Å². The predicted octanol–water partition coefficient (Wildman–Crippen LogP) is 2.45. The Morgan fingerprint density at radius 1 is 1.47 bits per heavy atom. The first-order valence-corrected chi connectivity index (χ1v) is 5.91. The van der Waals surface area contributed by atoms with Gasteiger partial charge in [0.05, 0.1) is 0 Å². The van der Waals surface area contributed by atoms with E-state index in [0.717, 1.165) is 0 Å². The molecular weight excluding hydrogens is 238 g/mol. The van der Waals surface area contributed by atoms with Crippen LogP contribution in [0.2, 0.25) is 5.02 Å². The van der Waals surface area contributed by atoms with Crippen LogP contribution in [0.4, 0.5) is 5.82 Å². The molecule has 0 radical (unpaired) electrons. The van der Waals surface area contributed by atoms with Crippen LogP contribution in [0.15, 0.2) is 18.3 Å². The van der Waals surface area contributed by atoms with Crippen LogP contribution >= 0.6 is 11.6 Å². The van der Waals surface area contributed by atoms with E-state index in [4.69, 9.17) is 11.6 Å². The average Bonchev–Trinajstić information content (AvgIpc) is 2.15. The Bertz CT molecular complexity index is 388. The van der Waals surface area contributed by atoms with Crippen LogP contribution in [0.25, 0.3) is 0 Å². The van der Waals surface area contributed by atoms with Crippen LogP contribution in [-0.4, -0.2) is 23.0 Å². The molecule has 2 N–H and O–H groups in total. The molecule has 0 fully saturated rings. The maximum Gasteiger partial charge on any atom is 0.226 e. The predicted molar refractivity (Wildman–Crippen MR) is 70.2 cm³/mol.